The lowest BCUT2D eigenvalue weighted by Crippen LogP contribution is -2.08. The van der Waals surface area contributed by atoms with Crippen LogP contribution >= 0.6 is 0 Å². The molecule has 0 amide bonds. The van der Waals surface area contributed by atoms with Gasteiger partial charge in [0.25, 0.3) is 0 Å². The third-order valence-corrected chi connectivity index (χ3v) is 3.00. The molecule has 94 valence electrons. The summed E-state index contributed by atoms with van der Waals surface area (Å²) in [6.07, 6.45) is 2.19. The molecule has 0 atom stereocenters. The Hall–Kier alpha value is -1.80. The minimum atomic E-state index is 0.881. The van der Waals surface area contributed by atoms with Crippen LogP contribution in [0.15, 0.2) is 42.0 Å². The summed E-state index contributed by atoms with van der Waals surface area (Å²) < 4.78 is 5.47. The first-order valence-corrected chi connectivity index (χ1v) is 6.13. The molecule has 0 aliphatic heterocycles. The summed E-state index contributed by atoms with van der Waals surface area (Å²) in [5.41, 5.74) is 2.44. The average molecular weight is 241 g/mol. The normalized spacial score (nSPS) is 11.8. The molecular weight excluding hydrogens is 222 g/mol. The van der Waals surface area contributed by atoms with E-state index in [4.69, 9.17) is 4.74 Å². The molecule has 2 aromatic carbocycles. The van der Waals surface area contributed by atoms with E-state index in [2.05, 4.69) is 48.6 Å². The van der Waals surface area contributed by atoms with Crippen molar-refractivity contribution in [3.05, 3.63) is 47.5 Å². The Balaban J connectivity index is 2.61. The summed E-state index contributed by atoms with van der Waals surface area (Å²) in [4.78, 5) is 0. The lowest BCUT2D eigenvalue weighted by molar-refractivity contribution is 0.414. The van der Waals surface area contributed by atoms with Gasteiger partial charge in [-0.05, 0) is 30.8 Å². The fourth-order valence-electron chi connectivity index (χ4n) is 2.18. The highest BCUT2D eigenvalue weighted by atomic mass is 16.5. The van der Waals surface area contributed by atoms with E-state index in [1.54, 1.807) is 7.11 Å². The van der Waals surface area contributed by atoms with E-state index in [9.17, 15) is 0 Å². The van der Waals surface area contributed by atoms with Crippen LogP contribution in [-0.2, 0) is 0 Å². The molecule has 0 fully saturated rings. The van der Waals surface area contributed by atoms with Crippen molar-refractivity contribution in [2.24, 2.45) is 0 Å². The smallest absolute Gasteiger partial charge is 0.126 e. The molecule has 2 aromatic rings. The molecule has 0 spiro atoms. The number of likely N-dealkylation sites (N-methyl/N-ethyl adjacent to an activating group) is 1. The molecule has 1 N–H and O–H groups in total. The lowest BCUT2D eigenvalue weighted by atomic mass is 10.0. The first kappa shape index (κ1) is 12.7. The Morgan fingerprint density at radius 3 is 2.72 bits per heavy atom. The van der Waals surface area contributed by atoms with Crippen LogP contribution in [0.1, 0.15) is 12.5 Å². The van der Waals surface area contributed by atoms with Crippen molar-refractivity contribution in [2.45, 2.75) is 6.92 Å². The molecule has 0 unspecified atom stereocenters. The van der Waals surface area contributed by atoms with Crippen LogP contribution in [0.25, 0.3) is 16.8 Å². The van der Waals surface area contributed by atoms with Crippen LogP contribution < -0.4 is 10.1 Å². The van der Waals surface area contributed by atoms with Gasteiger partial charge in [-0.1, -0.05) is 42.0 Å². The molecular formula is C16H19NO. The Labute approximate surface area is 108 Å². The van der Waals surface area contributed by atoms with Crippen molar-refractivity contribution in [3.63, 3.8) is 0 Å². The molecule has 0 aliphatic rings. The van der Waals surface area contributed by atoms with Crippen molar-refractivity contribution in [1.29, 1.82) is 0 Å². The monoisotopic (exact) mass is 241 g/mol. The minimum absolute atomic E-state index is 0.881. The molecule has 0 aliphatic carbocycles. The van der Waals surface area contributed by atoms with Crippen LogP contribution in [-0.4, -0.2) is 20.7 Å². The zero-order valence-corrected chi connectivity index (χ0v) is 11.2. The Bertz CT molecular complexity index is 572. The van der Waals surface area contributed by atoms with Gasteiger partial charge in [0.05, 0.1) is 7.11 Å². The first-order valence-electron chi connectivity index (χ1n) is 6.13. The molecule has 18 heavy (non-hydrogen) atoms. The van der Waals surface area contributed by atoms with Crippen LogP contribution in [0.4, 0.5) is 0 Å². The molecule has 2 nitrogen and oxygen atoms in total. The van der Waals surface area contributed by atoms with Crippen molar-refractivity contribution >= 4 is 16.8 Å². The fourth-order valence-corrected chi connectivity index (χ4v) is 2.18. The van der Waals surface area contributed by atoms with Crippen molar-refractivity contribution < 1.29 is 4.74 Å². The molecule has 2 heteroatoms. The SMILES string of the molecule is CNCC(C)=Cc1c(OC)ccc2ccccc12. The third kappa shape index (κ3) is 2.54. The molecule has 0 saturated heterocycles. The van der Waals surface area contributed by atoms with Crippen LogP contribution in [0.5, 0.6) is 5.75 Å². The number of rotatable bonds is 4. The zero-order valence-electron chi connectivity index (χ0n) is 11.2. The van der Waals surface area contributed by atoms with E-state index in [1.165, 1.54) is 16.3 Å². The second-order valence-electron chi connectivity index (χ2n) is 4.42. The third-order valence-electron chi connectivity index (χ3n) is 3.00. The van der Waals surface area contributed by atoms with Crippen LogP contribution in [0.2, 0.25) is 0 Å². The van der Waals surface area contributed by atoms with Gasteiger partial charge in [-0.15, -0.1) is 0 Å². The fraction of sp³-hybridized carbons (Fsp3) is 0.250. The van der Waals surface area contributed by atoms with E-state index in [1.807, 2.05) is 13.1 Å². The van der Waals surface area contributed by atoms with Gasteiger partial charge >= 0.3 is 0 Å². The van der Waals surface area contributed by atoms with E-state index >= 15 is 0 Å². The number of methoxy groups -OCH3 is 1. The number of ether oxygens (including phenoxy) is 1. The topological polar surface area (TPSA) is 21.3 Å². The first-order chi connectivity index (χ1) is 8.76. The molecule has 0 saturated carbocycles. The molecule has 0 aromatic heterocycles. The van der Waals surface area contributed by atoms with Gasteiger partial charge in [-0.2, -0.15) is 0 Å². The summed E-state index contributed by atoms with van der Waals surface area (Å²) in [5.74, 6) is 0.921. The summed E-state index contributed by atoms with van der Waals surface area (Å²) in [5, 5.41) is 5.63. The largest absolute Gasteiger partial charge is 0.496 e. The van der Waals surface area contributed by atoms with E-state index in [0.29, 0.717) is 0 Å². The molecule has 0 bridgehead atoms. The van der Waals surface area contributed by atoms with Gasteiger partial charge in [0.1, 0.15) is 5.75 Å². The van der Waals surface area contributed by atoms with Gasteiger partial charge in [0.15, 0.2) is 0 Å². The number of hydrogen-bond donors (Lipinski definition) is 1. The van der Waals surface area contributed by atoms with Crippen molar-refractivity contribution in [2.75, 3.05) is 20.7 Å². The van der Waals surface area contributed by atoms with Gasteiger partial charge in [0.2, 0.25) is 0 Å². The van der Waals surface area contributed by atoms with Crippen LogP contribution in [0, 0.1) is 0 Å². The highest BCUT2D eigenvalue weighted by Crippen LogP contribution is 2.29. The summed E-state index contributed by atoms with van der Waals surface area (Å²) in [6, 6.07) is 12.5. The number of nitrogens with one attached hydrogen (secondary N) is 1. The quantitative estimate of drug-likeness (QED) is 0.885. The maximum Gasteiger partial charge on any atom is 0.126 e. The molecule has 2 rings (SSSR count). The highest BCUT2D eigenvalue weighted by molar-refractivity contribution is 5.93. The number of fused-ring (bicyclic) bond motifs is 1. The lowest BCUT2D eigenvalue weighted by Gasteiger charge is -2.10. The number of benzene rings is 2. The van der Waals surface area contributed by atoms with E-state index in [-0.39, 0.29) is 0 Å². The number of hydrogen-bond acceptors (Lipinski definition) is 2. The Morgan fingerprint density at radius 1 is 1.22 bits per heavy atom. The maximum atomic E-state index is 5.47. The molecule has 0 heterocycles. The van der Waals surface area contributed by atoms with Gasteiger partial charge in [-0.25, -0.2) is 0 Å². The maximum absolute atomic E-state index is 5.47. The minimum Gasteiger partial charge on any atom is -0.496 e. The standard InChI is InChI=1S/C16H19NO/c1-12(11-17-2)10-15-14-7-5-4-6-13(14)8-9-16(15)18-3/h4-10,17H,11H2,1-3H3. The van der Waals surface area contributed by atoms with Gasteiger partial charge in [-0.3, -0.25) is 0 Å². The summed E-state index contributed by atoms with van der Waals surface area (Å²) >= 11 is 0. The molecule has 0 radical (unpaired) electrons. The Morgan fingerprint density at radius 2 is 2.00 bits per heavy atom. The predicted octanol–water partition coefficient (Wildman–Crippen LogP) is 3.47. The predicted molar refractivity (Wildman–Crippen MR) is 78.1 cm³/mol. The highest BCUT2D eigenvalue weighted by Gasteiger charge is 2.05. The Kier molecular flexibility index (Phi) is 4.00. The van der Waals surface area contributed by atoms with E-state index in [0.717, 1.165) is 17.9 Å². The summed E-state index contributed by atoms with van der Waals surface area (Å²) in [6.45, 7) is 3.00. The van der Waals surface area contributed by atoms with Crippen molar-refractivity contribution in [3.8, 4) is 5.75 Å². The second-order valence-corrected chi connectivity index (χ2v) is 4.42. The van der Waals surface area contributed by atoms with Gasteiger partial charge < -0.3 is 10.1 Å². The van der Waals surface area contributed by atoms with E-state index < -0.39 is 0 Å². The second kappa shape index (κ2) is 5.69. The van der Waals surface area contributed by atoms with Gasteiger partial charge in [0, 0.05) is 12.1 Å². The summed E-state index contributed by atoms with van der Waals surface area (Å²) in [7, 11) is 3.67. The average Bonchev–Trinajstić information content (AvgIpc) is 2.39. The van der Waals surface area contributed by atoms with Crippen molar-refractivity contribution in [1.82, 2.24) is 5.32 Å². The zero-order chi connectivity index (χ0) is 13.0. The van der Waals surface area contributed by atoms with Crippen LogP contribution in [0.3, 0.4) is 0 Å².